The molecule has 0 aliphatic heterocycles. The van der Waals surface area contributed by atoms with E-state index in [1.165, 1.54) is 0 Å². The third-order valence-electron chi connectivity index (χ3n) is 2.78. The molecule has 94 valence electrons. The largest absolute Gasteiger partial charge is 0.455 e. The first-order valence-corrected chi connectivity index (χ1v) is 6.18. The van der Waals surface area contributed by atoms with Gasteiger partial charge in [-0.05, 0) is 36.4 Å². The summed E-state index contributed by atoms with van der Waals surface area (Å²) in [5.74, 6) is 1.33. The van der Waals surface area contributed by atoms with Crippen molar-refractivity contribution in [2.24, 2.45) is 0 Å². The van der Waals surface area contributed by atoms with Gasteiger partial charge >= 0.3 is 0 Å². The van der Waals surface area contributed by atoms with E-state index in [-0.39, 0.29) is 0 Å². The van der Waals surface area contributed by atoms with Gasteiger partial charge in [0.2, 0.25) is 0 Å². The number of hydrogen-bond acceptors (Lipinski definition) is 3. The van der Waals surface area contributed by atoms with Crippen LogP contribution in [-0.2, 0) is 0 Å². The van der Waals surface area contributed by atoms with Crippen LogP contribution in [0, 0.1) is 0 Å². The number of ether oxygens (including phenoxy) is 1. The zero-order valence-electron chi connectivity index (χ0n) is 10.0. The Labute approximate surface area is 115 Å². The first kappa shape index (κ1) is 11.8. The van der Waals surface area contributed by atoms with Crippen molar-refractivity contribution in [1.82, 2.24) is 4.98 Å². The van der Waals surface area contributed by atoms with Crippen LogP contribution in [0.5, 0.6) is 11.5 Å². The molecule has 2 aromatic carbocycles. The van der Waals surface area contributed by atoms with Gasteiger partial charge in [0.25, 0.3) is 0 Å². The molecule has 1 heterocycles. The maximum Gasteiger partial charge on any atom is 0.146 e. The first-order chi connectivity index (χ1) is 9.24. The number of benzene rings is 2. The number of nitrogens with two attached hydrogens (primary N) is 1. The molecule has 0 saturated heterocycles. The van der Waals surface area contributed by atoms with Gasteiger partial charge in [0.15, 0.2) is 0 Å². The highest BCUT2D eigenvalue weighted by atomic mass is 35.5. The molecule has 3 rings (SSSR count). The third kappa shape index (κ3) is 2.33. The van der Waals surface area contributed by atoms with Gasteiger partial charge in [-0.3, -0.25) is 4.98 Å². The normalized spacial score (nSPS) is 10.6. The summed E-state index contributed by atoms with van der Waals surface area (Å²) in [4.78, 5) is 4.27. The smallest absolute Gasteiger partial charge is 0.146 e. The van der Waals surface area contributed by atoms with E-state index in [0.717, 1.165) is 10.9 Å². The quantitative estimate of drug-likeness (QED) is 0.708. The molecule has 0 amide bonds. The molecule has 0 radical (unpaired) electrons. The summed E-state index contributed by atoms with van der Waals surface area (Å²) in [5.41, 5.74) is 7.22. The molecule has 0 aliphatic rings. The van der Waals surface area contributed by atoms with E-state index in [1.807, 2.05) is 42.5 Å². The van der Waals surface area contributed by atoms with Crippen molar-refractivity contribution >= 4 is 28.2 Å². The Bertz CT molecular complexity index is 743. The summed E-state index contributed by atoms with van der Waals surface area (Å²) in [7, 11) is 0. The molecule has 0 aliphatic carbocycles. The lowest BCUT2D eigenvalue weighted by molar-refractivity contribution is 0.488. The Morgan fingerprint density at radius 3 is 2.68 bits per heavy atom. The zero-order chi connectivity index (χ0) is 13.2. The minimum Gasteiger partial charge on any atom is -0.455 e. The minimum absolute atomic E-state index is 0.572. The van der Waals surface area contributed by atoms with E-state index in [0.29, 0.717) is 22.2 Å². The number of halogens is 1. The average Bonchev–Trinajstić information content (AvgIpc) is 2.41. The van der Waals surface area contributed by atoms with Gasteiger partial charge < -0.3 is 10.5 Å². The lowest BCUT2D eigenvalue weighted by atomic mass is 10.2. The molecule has 3 nitrogen and oxygen atoms in total. The van der Waals surface area contributed by atoms with Gasteiger partial charge in [0.1, 0.15) is 11.5 Å². The summed E-state index contributed by atoms with van der Waals surface area (Å²) in [6.45, 7) is 0. The highest BCUT2D eigenvalue weighted by Crippen LogP contribution is 2.33. The first-order valence-electron chi connectivity index (χ1n) is 5.81. The van der Waals surface area contributed by atoms with Gasteiger partial charge in [0, 0.05) is 17.3 Å². The van der Waals surface area contributed by atoms with E-state index in [4.69, 9.17) is 22.1 Å². The van der Waals surface area contributed by atoms with Crippen LogP contribution in [0.25, 0.3) is 10.9 Å². The van der Waals surface area contributed by atoms with Crippen molar-refractivity contribution in [3.8, 4) is 11.5 Å². The fourth-order valence-corrected chi connectivity index (χ4v) is 2.05. The lowest BCUT2D eigenvalue weighted by Gasteiger charge is -2.10. The molecule has 1 aromatic heterocycles. The molecule has 4 heteroatoms. The van der Waals surface area contributed by atoms with Crippen LogP contribution in [0.2, 0.25) is 5.02 Å². The van der Waals surface area contributed by atoms with Crippen molar-refractivity contribution in [1.29, 1.82) is 0 Å². The standard InChI is InChI=1S/C15H11ClN2O/c16-12-3-1-2-4-15(12)19-14-7-8-18-13-9-10(17)5-6-11(13)14/h1-9H,17H2. The zero-order valence-corrected chi connectivity index (χ0v) is 10.8. The second-order valence-electron chi connectivity index (χ2n) is 4.12. The van der Waals surface area contributed by atoms with Crippen LogP contribution in [-0.4, -0.2) is 4.98 Å². The van der Waals surface area contributed by atoms with E-state index in [2.05, 4.69) is 4.98 Å². The van der Waals surface area contributed by atoms with Crippen molar-refractivity contribution in [3.05, 3.63) is 59.8 Å². The van der Waals surface area contributed by atoms with Gasteiger partial charge in [-0.15, -0.1) is 0 Å². The number of fused-ring (bicyclic) bond motifs is 1. The van der Waals surface area contributed by atoms with Crippen LogP contribution in [0.4, 0.5) is 5.69 Å². The average molecular weight is 271 g/mol. The molecule has 3 aromatic rings. The molecule has 0 fully saturated rings. The molecule has 2 N–H and O–H groups in total. The van der Waals surface area contributed by atoms with E-state index >= 15 is 0 Å². The fourth-order valence-electron chi connectivity index (χ4n) is 1.87. The third-order valence-corrected chi connectivity index (χ3v) is 3.10. The predicted octanol–water partition coefficient (Wildman–Crippen LogP) is 4.26. The maximum absolute atomic E-state index is 6.09. The van der Waals surface area contributed by atoms with Gasteiger partial charge in [-0.2, -0.15) is 0 Å². The molecule has 0 atom stereocenters. The predicted molar refractivity (Wildman–Crippen MR) is 77.7 cm³/mol. The molecule has 0 unspecified atom stereocenters. The second-order valence-corrected chi connectivity index (χ2v) is 4.53. The number of hydrogen-bond donors (Lipinski definition) is 1. The second kappa shape index (κ2) is 4.78. The van der Waals surface area contributed by atoms with E-state index in [9.17, 15) is 0 Å². The van der Waals surface area contributed by atoms with Crippen LogP contribution < -0.4 is 10.5 Å². The minimum atomic E-state index is 0.572. The number of para-hydroxylation sites is 1. The summed E-state index contributed by atoms with van der Waals surface area (Å²) in [6, 6.07) is 14.7. The van der Waals surface area contributed by atoms with Crippen LogP contribution in [0.15, 0.2) is 54.7 Å². The highest BCUT2D eigenvalue weighted by Gasteiger charge is 2.06. The topological polar surface area (TPSA) is 48.1 Å². The van der Waals surface area contributed by atoms with Crippen molar-refractivity contribution in [2.75, 3.05) is 5.73 Å². The monoisotopic (exact) mass is 270 g/mol. The van der Waals surface area contributed by atoms with Crippen LogP contribution in [0.3, 0.4) is 0 Å². The van der Waals surface area contributed by atoms with Crippen LogP contribution in [0.1, 0.15) is 0 Å². The van der Waals surface area contributed by atoms with Gasteiger partial charge in [0.05, 0.1) is 10.5 Å². The SMILES string of the molecule is Nc1ccc2c(Oc3ccccc3Cl)ccnc2c1. The molecule has 0 saturated carbocycles. The summed E-state index contributed by atoms with van der Waals surface area (Å²) in [5, 5.41) is 1.47. The van der Waals surface area contributed by atoms with E-state index in [1.54, 1.807) is 12.3 Å². The number of anilines is 1. The van der Waals surface area contributed by atoms with E-state index < -0.39 is 0 Å². The van der Waals surface area contributed by atoms with Crippen molar-refractivity contribution < 1.29 is 4.74 Å². The molecular weight excluding hydrogens is 260 g/mol. The number of rotatable bonds is 2. The Morgan fingerprint density at radius 1 is 1.00 bits per heavy atom. The highest BCUT2D eigenvalue weighted by molar-refractivity contribution is 6.32. The number of pyridine rings is 1. The number of nitrogen functional groups attached to an aromatic ring is 1. The molecule has 0 spiro atoms. The molecule has 0 bridgehead atoms. The summed E-state index contributed by atoms with van der Waals surface area (Å²) < 4.78 is 5.85. The summed E-state index contributed by atoms with van der Waals surface area (Å²) >= 11 is 6.09. The van der Waals surface area contributed by atoms with Gasteiger partial charge in [-0.25, -0.2) is 0 Å². The van der Waals surface area contributed by atoms with Crippen molar-refractivity contribution in [2.45, 2.75) is 0 Å². The fraction of sp³-hybridized carbons (Fsp3) is 0. The Kier molecular flexibility index (Phi) is 2.97. The maximum atomic E-state index is 6.09. The van der Waals surface area contributed by atoms with Gasteiger partial charge in [-0.1, -0.05) is 23.7 Å². The number of aromatic nitrogens is 1. The van der Waals surface area contributed by atoms with Crippen molar-refractivity contribution in [3.63, 3.8) is 0 Å². The Balaban J connectivity index is 2.09. The lowest BCUT2D eigenvalue weighted by Crippen LogP contribution is -1.90. The summed E-state index contributed by atoms with van der Waals surface area (Å²) in [6.07, 6.45) is 1.69. The molecule has 19 heavy (non-hydrogen) atoms. The molecular formula is C15H11ClN2O. The Hall–Kier alpha value is -2.26. The Morgan fingerprint density at radius 2 is 1.84 bits per heavy atom. The van der Waals surface area contributed by atoms with Crippen LogP contribution >= 0.6 is 11.6 Å². The number of nitrogens with zero attached hydrogens (tertiary/aromatic N) is 1.